The number of nitrogens with one attached hydrogen (secondary N) is 2. The van der Waals surface area contributed by atoms with Crippen molar-refractivity contribution in [2.45, 2.75) is 6.54 Å². The van der Waals surface area contributed by atoms with Gasteiger partial charge in [0.2, 0.25) is 0 Å². The molecule has 1 atom stereocenters. The Labute approximate surface area is 165 Å². The Morgan fingerprint density at radius 1 is 1.07 bits per heavy atom. The van der Waals surface area contributed by atoms with Crippen LogP contribution in [0.3, 0.4) is 0 Å². The molecule has 1 unspecified atom stereocenters. The Balaban J connectivity index is 1.71. The van der Waals surface area contributed by atoms with Crippen molar-refractivity contribution >= 4 is 17.5 Å². The molecule has 146 valence electrons. The van der Waals surface area contributed by atoms with Gasteiger partial charge in [-0.05, 0) is 42.5 Å². The maximum Gasteiger partial charge on any atom is 0.275 e. The van der Waals surface area contributed by atoms with E-state index in [1.54, 1.807) is 38.5 Å². The smallest absolute Gasteiger partial charge is 0.275 e. The standard InChI is InChI=1S/C20H25ClN2O4/c1-23(13-15-4-9-18(25-2)19(12-15)26-3)14-20(24)22-10-11-27-17-7-5-16(21)6-8-17/h4-9,12H,10-11,13-14H2,1-3H3,(H,22,24)/p+1. The molecule has 2 aromatic rings. The van der Waals surface area contributed by atoms with E-state index in [1.165, 1.54) is 0 Å². The minimum absolute atomic E-state index is 0.0207. The molecule has 0 saturated carbocycles. The fraction of sp³-hybridized carbons (Fsp3) is 0.350. The number of benzene rings is 2. The van der Waals surface area contributed by atoms with E-state index in [4.69, 9.17) is 25.8 Å². The first-order valence-electron chi connectivity index (χ1n) is 8.69. The van der Waals surface area contributed by atoms with E-state index in [1.807, 2.05) is 25.2 Å². The number of halogens is 1. The number of carbonyl (C=O) groups excluding carboxylic acids is 1. The molecule has 0 aliphatic heterocycles. The Hall–Kier alpha value is -2.44. The van der Waals surface area contributed by atoms with Crippen LogP contribution in [0.25, 0.3) is 0 Å². The first-order chi connectivity index (χ1) is 13.0. The minimum atomic E-state index is -0.0207. The summed E-state index contributed by atoms with van der Waals surface area (Å²) in [6, 6.07) is 12.9. The van der Waals surface area contributed by atoms with Gasteiger partial charge in [-0.3, -0.25) is 4.79 Å². The monoisotopic (exact) mass is 393 g/mol. The molecular formula is C20H26ClN2O4+. The average molecular weight is 394 g/mol. The summed E-state index contributed by atoms with van der Waals surface area (Å²) in [5.74, 6) is 2.08. The van der Waals surface area contributed by atoms with E-state index in [0.717, 1.165) is 16.2 Å². The number of quaternary nitrogens is 1. The maximum atomic E-state index is 12.1. The fourth-order valence-corrected chi connectivity index (χ4v) is 2.75. The summed E-state index contributed by atoms with van der Waals surface area (Å²) in [6.07, 6.45) is 0. The van der Waals surface area contributed by atoms with Crippen LogP contribution in [0.5, 0.6) is 17.2 Å². The lowest BCUT2D eigenvalue weighted by Crippen LogP contribution is -3.08. The second-order valence-electron chi connectivity index (χ2n) is 6.15. The van der Waals surface area contributed by atoms with Gasteiger partial charge in [0.15, 0.2) is 18.0 Å². The topological polar surface area (TPSA) is 61.2 Å². The van der Waals surface area contributed by atoms with Crippen LogP contribution >= 0.6 is 11.6 Å². The third kappa shape index (κ3) is 7.00. The zero-order valence-electron chi connectivity index (χ0n) is 15.9. The second kappa shape index (κ2) is 10.6. The molecule has 2 N–H and O–H groups in total. The summed E-state index contributed by atoms with van der Waals surface area (Å²) in [4.78, 5) is 13.1. The van der Waals surface area contributed by atoms with Crippen LogP contribution in [-0.2, 0) is 11.3 Å². The van der Waals surface area contributed by atoms with Crippen molar-refractivity contribution in [3.05, 3.63) is 53.1 Å². The van der Waals surface area contributed by atoms with Gasteiger partial charge in [-0.1, -0.05) is 11.6 Å². The molecule has 0 aliphatic rings. The highest BCUT2D eigenvalue weighted by Crippen LogP contribution is 2.27. The Kier molecular flexibility index (Phi) is 8.23. The third-order valence-electron chi connectivity index (χ3n) is 3.92. The Morgan fingerprint density at radius 3 is 2.44 bits per heavy atom. The fourth-order valence-electron chi connectivity index (χ4n) is 2.63. The third-order valence-corrected chi connectivity index (χ3v) is 4.17. The van der Waals surface area contributed by atoms with Crippen LogP contribution in [0.2, 0.25) is 5.02 Å². The van der Waals surface area contributed by atoms with Gasteiger partial charge in [0.1, 0.15) is 18.9 Å². The molecule has 6 nitrogen and oxygen atoms in total. The van der Waals surface area contributed by atoms with Gasteiger partial charge < -0.3 is 24.4 Å². The Bertz CT molecular complexity index is 737. The normalized spacial score (nSPS) is 11.6. The molecule has 0 radical (unpaired) electrons. The van der Waals surface area contributed by atoms with Gasteiger partial charge in [-0.2, -0.15) is 0 Å². The lowest BCUT2D eigenvalue weighted by Gasteiger charge is -2.15. The van der Waals surface area contributed by atoms with E-state index >= 15 is 0 Å². The van der Waals surface area contributed by atoms with Crippen molar-refractivity contribution < 1.29 is 23.9 Å². The minimum Gasteiger partial charge on any atom is -0.493 e. The second-order valence-corrected chi connectivity index (χ2v) is 6.59. The van der Waals surface area contributed by atoms with E-state index in [-0.39, 0.29) is 5.91 Å². The van der Waals surface area contributed by atoms with Crippen LogP contribution in [0.15, 0.2) is 42.5 Å². The number of ether oxygens (including phenoxy) is 3. The number of hydrogen-bond donors (Lipinski definition) is 2. The maximum absolute atomic E-state index is 12.1. The highest BCUT2D eigenvalue weighted by Gasteiger charge is 2.12. The first kappa shape index (κ1) is 20.9. The zero-order valence-corrected chi connectivity index (χ0v) is 16.6. The predicted molar refractivity (Wildman–Crippen MR) is 105 cm³/mol. The van der Waals surface area contributed by atoms with Crippen LogP contribution in [0, 0.1) is 0 Å². The molecule has 0 spiro atoms. The van der Waals surface area contributed by atoms with E-state index in [2.05, 4.69) is 5.32 Å². The van der Waals surface area contributed by atoms with Gasteiger partial charge >= 0.3 is 0 Å². The van der Waals surface area contributed by atoms with E-state index < -0.39 is 0 Å². The van der Waals surface area contributed by atoms with Crippen molar-refractivity contribution in [2.75, 3.05) is 41.0 Å². The predicted octanol–water partition coefficient (Wildman–Crippen LogP) is 1.57. The van der Waals surface area contributed by atoms with Gasteiger partial charge in [0.05, 0.1) is 27.8 Å². The lowest BCUT2D eigenvalue weighted by atomic mass is 10.2. The molecule has 27 heavy (non-hydrogen) atoms. The molecule has 7 heteroatoms. The largest absolute Gasteiger partial charge is 0.493 e. The molecular weight excluding hydrogens is 368 g/mol. The van der Waals surface area contributed by atoms with Crippen molar-refractivity contribution in [1.82, 2.24) is 5.32 Å². The number of amides is 1. The van der Waals surface area contributed by atoms with Gasteiger partial charge in [0, 0.05) is 10.6 Å². The summed E-state index contributed by atoms with van der Waals surface area (Å²) >= 11 is 5.82. The average Bonchev–Trinajstić information content (AvgIpc) is 2.66. The van der Waals surface area contributed by atoms with Crippen LogP contribution in [0.1, 0.15) is 5.56 Å². The van der Waals surface area contributed by atoms with Crippen molar-refractivity contribution in [1.29, 1.82) is 0 Å². The van der Waals surface area contributed by atoms with Gasteiger partial charge in [-0.15, -0.1) is 0 Å². The molecule has 0 heterocycles. The zero-order chi connectivity index (χ0) is 19.6. The van der Waals surface area contributed by atoms with Crippen molar-refractivity contribution in [2.24, 2.45) is 0 Å². The number of carbonyl (C=O) groups is 1. The van der Waals surface area contributed by atoms with E-state index in [9.17, 15) is 4.79 Å². The highest BCUT2D eigenvalue weighted by atomic mass is 35.5. The number of methoxy groups -OCH3 is 2. The molecule has 2 aromatic carbocycles. The Morgan fingerprint density at radius 2 is 1.78 bits per heavy atom. The quantitative estimate of drug-likeness (QED) is 0.601. The van der Waals surface area contributed by atoms with Crippen LogP contribution in [-0.4, -0.2) is 46.9 Å². The summed E-state index contributed by atoms with van der Waals surface area (Å²) < 4.78 is 16.1. The molecule has 0 saturated heterocycles. The molecule has 1 amide bonds. The molecule has 0 bridgehead atoms. The van der Waals surface area contributed by atoms with Gasteiger partial charge in [0.25, 0.3) is 5.91 Å². The first-order valence-corrected chi connectivity index (χ1v) is 9.07. The highest BCUT2D eigenvalue weighted by molar-refractivity contribution is 6.30. The van der Waals surface area contributed by atoms with Crippen molar-refractivity contribution in [3.63, 3.8) is 0 Å². The molecule has 0 aromatic heterocycles. The van der Waals surface area contributed by atoms with Crippen molar-refractivity contribution in [3.8, 4) is 17.2 Å². The lowest BCUT2D eigenvalue weighted by molar-refractivity contribution is -0.885. The molecule has 0 aliphatic carbocycles. The molecule has 0 fully saturated rings. The van der Waals surface area contributed by atoms with Crippen LogP contribution < -0.4 is 24.4 Å². The summed E-state index contributed by atoms with van der Waals surface area (Å²) in [5, 5.41) is 3.53. The SMILES string of the molecule is COc1ccc(C[NH+](C)CC(=O)NCCOc2ccc(Cl)cc2)cc1OC. The number of likely N-dealkylation sites (N-methyl/N-ethyl adjacent to an activating group) is 1. The number of rotatable bonds is 10. The van der Waals surface area contributed by atoms with Gasteiger partial charge in [-0.25, -0.2) is 0 Å². The summed E-state index contributed by atoms with van der Waals surface area (Å²) in [6.45, 7) is 1.93. The number of hydrogen-bond acceptors (Lipinski definition) is 4. The summed E-state index contributed by atoms with van der Waals surface area (Å²) in [5.41, 5.74) is 1.07. The van der Waals surface area contributed by atoms with Crippen LogP contribution in [0.4, 0.5) is 0 Å². The summed E-state index contributed by atoms with van der Waals surface area (Å²) in [7, 11) is 5.19. The van der Waals surface area contributed by atoms with E-state index in [0.29, 0.717) is 42.8 Å². The molecule has 2 rings (SSSR count).